The second kappa shape index (κ2) is 5.34. The Labute approximate surface area is 140 Å². The van der Waals surface area contributed by atoms with Crippen LogP contribution in [-0.4, -0.2) is 10.7 Å². The van der Waals surface area contributed by atoms with Gasteiger partial charge in [-0.15, -0.1) is 0 Å². The Morgan fingerprint density at radius 3 is 2.27 bits per heavy atom. The molecule has 4 aliphatic carbocycles. The van der Waals surface area contributed by atoms with Gasteiger partial charge in [0.2, 0.25) is 0 Å². The lowest BCUT2D eigenvalue weighted by atomic mass is 9.53. The molecule has 118 valence electrons. The topological polar surface area (TPSA) is 24.1 Å². The summed E-state index contributed by atoms with van der Waals surface area (Å²) in [6.07, 6.45) is 7.96. The average molecular weight is 339 g/mol. The second-order valence-corrected chi connectivity index (χ2v) is 8.22. The second-order valence-electron chi connectivity index (χ2n) is 7.41. The number of benzene rings is 1. The van der Waals surface area contributed by atoms with Crippen molar-refractivity contribution in [2.75, 3.05) is 5.32 Å². The van der Waals surface area contributed by atoms with E-state index in [4.69, 9.17) is 23.8 Å². The summed E-state index contributed by atoms with van der Waals surface area (Å²) in [5.41, 5.74) is 0.913. The first-order valence-electron chi connectivity index (χ1n) is 8.06. The van der Waals surface area contributed by atoms with Crippen molar-refractivity contribution < 1.29 is 4.39 Å². The molecular formula is C17H20ClFN2S. The molecule has 0 aliphatic heterocycles. The lowest BCUT2D eigenvalue weighted by Gasteiger charge is -2.57. The van der Waals surface area contributed by atoms with Crippen molar-refractivity contribution in [1.82, 2.24) is 5.32 Å². The molecule has 4 bridgehead atoms. The predicted octanol–water partition coefficient (Wildman–Crippen LogP) is 4.73. The van der Waals surface area contributed by atoms with Crippen LogP contribution in [0.3, 0.4) is 0 Å². The van der Waals surface area contributed by atoms with Crippen LogP contribution in [0.4, 0.5) is 10.1 Å². The minimum Gasteiger partial charge on any atom is -0.357 e. The molecule has 0 amide bonds. The van der Waals surface area contributed by atoms with Crippen LogP contribution in [-0.2, 0) is 0 Å². The van der Waals surface area contributed by atoms with E-state index in [2.05, 4.69) is 10.6 Å². The molecule has 0 atom stereocenters. The third-order valence-corrected chi connectivity index (χ3v) is 6.09. The summed E-state index contributed by atoms with van der Waals surface area (Å²) in [4.78, 5) is 0. The first kappa shape index (κ1) is 14.7. The summed E-state index contributed by atoms with van der Waals surface area (Å²) < 4.78 is 13.2. The van der Waals surface area contributed by atoms with Gasteiger partial charge in [-0.25, -0.2) is 4.39 Å². The maximum Gasteiger partial charge on any atom is 0.171 e. The van der Waals surface area contributed by atoms with Gasteiger partial charge < -0.3 is 10.6 Å². The largest absolute Gasteiger partial charge is 0.357 e. The molecule has 0 aromatic heterocycles. The van der Waals surface area contributed by atoms with Crippen LogP contribution in [0.1, 0.15) is 38.5 Å². The zero-order valence-corrected chi connectivity index (χ0v) is 13.9. The van der Waals surface area contributed by atoms with Crippen LogP contribution in [0, 0.1) is 23.6 Å². The van der Waals surface area contributed by atoms with E-state index >= 15 is 0 Å². The molecule has 2 N–H and O–H groups in total. The number of rotatable bonds is 2. The molecule has 0 radical (unpaired) electrons. The summed E-state index contributed by atoms with van der Waals surface area (Å²) in [6.45, 7) is 0. The van der Waals surface area contributed by atoms with E-state index in [0.29, 0.717) is 5.11 Å². The van der Waals surface area contributed by atoms with Crippen LogP contribution in [0.25, 0.3) is 0 Å². The van der Waals surface area contributed by atoms with E-state index in [0.717, 1.165) is 23.4 Å². The zero-order chi connectivity index (χ0) is 15.3. The van der Waals surface area contributed by atoms with Crippen molar-refractivity contribution >= 4 is 34.6 Å². The number of nitrogens with one attached hydrogen (secondary N) is 2. The van der Waals surface area contributed by atoms with E-state index < -0.39 is 5.82 Å². The van der Waals surface area contributed by atoms with E-state index in [1.165, 1.54) is 44.6 Å². The fourth-order valence-corrected chi connectivity index (χ4v) is 5.76. The zero-order valence-electron chi connectivity index (χ0n) is 12.4. The standard InChI is InChI=1S/C17H20ClFN2S/c18-14-6-13(1-2-15(14)19)20-16(22)21-17-7-10-3-11(8-17)5-12(4-10)9-17/h1-2,6,10-12H,3-5,7-9H2,(H2,20,21,22). The van der Waals surface area contributed by atoms with Gasteiger partial charge in [0.05, 0.1) is 5.02 Å². The smallest absolute Gasteiger partial charge is 0.171 e. The minimum atomic E-state index is -0.410. The maximum absolute atomic E-state index is 13.2. The molecule has 4 saturated carbocycles. The first-order valence-corrected chi connectivity index (χ1v) is 8.84. The Morgan fingerprint density at radius 2 is 1.73 bits per heavy atom. The number of hydrogen-bond acceptors (Lipinski definition) is 1. The highest BCUT2D eigenvalue weighted by Gasteiger charge is 2.51. The molecule has 5 heteroatoms. The van der Waals surface area contributed by atoms with Gasteiger partial charge in [0.1, 0.15) is 5.82 Å². The molecule has 4 aliphatic rings. The minimum absolute atomic E-state index is 0.114. The van der Waals surface area contributed by atoms with E-state index in [9.17, 15) is 4.39 Å². The first-order chi connectivity index (χ1) is 10.5. The van der Waals surface area contributed by atoms with Gasteiger partial charge in [-0.2, -0.15) is 0 Å². The third kappa shape index (κ3) is 2.71. The number of halogens is 2. The van der Waals surface area contributed by atoms with E-state index in [-0.39, 0.29) is 10.6 Å². The molecule has 1 aromatic rings. The van der Waals surface area contributed by atoms with Gasteiger partial charge in [0.25, 0.3) is 0 Å². The van der Waals surface area contributed by atoms with Crippen molar-refractivity contribution in [2.24, 2.45) is 17.8 Å². The number of thiocarbonyl (C=S) groups is 1. The normalized spacial score (nSPS) is 35.5. The van der Waals surface area contributed by atoms with Gasteiger partial charge >= 0.3 is 0 Å². The quantitative estimate of drug-likeness (QED) is 0.762. The van der Waals surface area contributed by atoms with Crippen LogP contribution >= 0.6 is 23.8 Å². The molecule has 0 saturated heterocycles. The fourth-order valence-electron chi connectivity index (χ4n) is 5.24. The van der Waals surface area contributed by atoms with Crippen molar-refractivity contribution in [3.05, 3.63) is 29.0 Å². The van der Waals surface area contributed by atoms with Gasteiger partial charge in [0, 0.05) is 11.2 Å². The van der Waals surface area contributed by atoms with Crippen molar-refractivity contribution in [3.63, 3.8) is 0 Å². The third-order valence-electron chi connectivity index (χ3n) is 5.59. The Balaban J connectivity index is 1.44. The van der Waals surface area contributed by atoms with Crippen molar-refractivity contribution in [2.45, 2.75) is 44.1 Å². The van der Waals surface area contributed by atoms with E-state index in [1.807, 2.05) is 0 Å². The Hall–Kier alpha value is -0.870. The lowest BCUT2D eigenvalue weighted by Crippen LogP contribution is -2.60. The summed E-state index contributed by atoms with van der Waals surface area (Å²) in [5.74, 6) is 2.22. The molecule has 22 heavy (non-hydrogen) atoms. The van der Waals surface area contributed by atoms with Gasteiger partial charge in [-0.1, -0.05) is 11.6 Å². The highest BCUT2D eigenvalue weighted by atomic mass is 35.5. The Kier molecular flexibility index (Phi) is 3.57. The molecule has 2 nitrogen and oxygen atoms in total. The average Bonchev–Trinajstić information content (AvgIpc) is 2.40. The van der Waals surface area contributed by atoms with E-state index in [1.54, 1.807) is 12.1 Å². The molecular weight excluding hydrogens is 319 g/mol. The predicted molar refractivity (Wildman–Crippen MR) is 91.7 cm³/mol. The van der Waals surface area contributed by atoms with Crippen LogP contribution in [0.15, 0.2) is 18.2 Å². The summed E-state index contributed by atoms with van der Waals surface area (Å²) in [5, 5.41) is 7.49. The highest BCUT2D eigenvalue weighted by molar-refractivity contribution is 7.80. The number of anilines is 1. The molecule has 4 fully saturated rings. The Morgan fingerprint density at radius 1 is 1.14 bits per heavy atom. The summed E-state index contributed by atoms with van der Waals surface area (Å²) in [7, 11) is 0. The Bertz CT molecular complexity index is 583. The van der Waals surface area contributed by atoms with Crippen molar-refractivity contribution in [1.29, 1.82) is 0 Å². The van der Waals surface area contributed by atoms with Gasteiger partial charge in [0.15, 0.2) is 5.11 Å². The summed E-state index contributed by atoms with van der Waals surface area (Å²) >= 11 is 11.3. The van der Waals surface area contributed by atoms with Gasteiger partial charge in [-0.3, -0.25) is 0 Å². The molecule has 5 rings (SSSR count). The lowest BCUT2D eigenvalue weighted by molar-refractivity contribution is -0.00972. The van der Waals surface area contributed by atoms with Crippen LogP contribution in [0.5, 0.6) is 0 Å². The molecule has 0 unspecified atom stereocenters. The van der Waals surface area contributed by atoms with Crippen molar-refractivity contribution in [3.8, 4) is 0 Å². The van der Waals surface area contributed by atoms with Crippen LogP contribution < -0.4 is 10.6 Å². The monoisotopic (exact) mass is 338 g/mol. The SMILES string of the molecule is Fc1ccc(NC(=S)NC23CC4CC(CC(C4)C2)C3)cc1Cl. The fraction of sp³-hybridized carbons (Fsp3) is 0.588. The highest BCUT2D eigenvalue weighted by Crippen LogP contribution is 2.55. The number of hydrogen-bond donors (Lipinski definition) is 2. The maximum atomic E-state index is 13.2. The van der Waals surface area contributed by atoms with Crippen LogP contribution in [0.2, 0.25) is 5.02 Å². The summed E-state index contributed by atoms with van der Waals surface area (Å²) in [6, 6.07) is 4.59. The molecule has 0 heterocycles. The van der Waals surface area contributed by atoms with Gasteiger partial charge in [-0.05, 0) is 86.7 Å². The molecule has 0 spiro atoms. The molecule has 1 aromatic carbocycles.